The van der Waals surface area contributed by atoms with Crippen molar-refractivity contribution in [2.75, 3.05) is 19.0 Å². The van der Waals surface area contributed by atoms with E-state index in [-0.39, 0.29) is 6.03 Å². The molecule has 1 heterocycles. The van der Waals surface area contributed by atoms with Gasteiger partial charge >= 0.3 is 6.03 Å². The Balaban J connectivity index is 1.74. The molecular formula is C15H20N4O2. The maximum absolute atomic E-state index is 11.8. The highest BCUT2D eigenvalue weighted by Crippen LogP contribution is 2.15. The van der Waals surface area contributed by atoms with Gasteiger partial charge in [-0.2, -0.15) is 0 Å². The highest BCUT2D eigenvalue weighted by molar-refractivity contribution is 5.90. The van der Waals surface area contributed by atoms with E-state index in [2.05, 4.69) is 15.6 Å². The SMILES string of the molecule is COCc1ccccc1NC(=O)NCCCn1ccnc1. The molecule has 6 heteroatoms. The minimum absolute atomic E-state index is 0.204. The maximum atomic E-state index is 11.8. The van der Waals surface area contributed by atoms with E-state index in [9.17, 15) is 4.79 Å². The Bertz CT molecular complexity index is 555. The zero-order valence-electron chi connectivity index (χ0n) is 12.1. The van der Waals surface area contributed by atoms with Crippen LogP contribution >= 0.6 is 0 Å². The first-order valence-electron chi connectivity index (χ1n) is 6.87. The van der Waals surface area contributed by atoms with Gasteiger partial charge in [-0.1, -0.05) is 18.2 Å². The van der Waals surface area contributed by atoms with Gasteiger partial charge in [0.2, 0.25) is 0 Å². The number of para-hydroxylation sites is 1. The number of aromatic nitrogens is 2. The first kappa shape index (κ1) is 15.1. The van der Waals surface area contributed by atoms with Gasteiger partial charge in [-0.25, -0.2) is 9.78 Å². The molecule has 0 fully saturated rings. The minimum Gasteiger partial charge on any atom is -0.380 e. The third kappa shape index (κ3) is 4.92. The van der Waals surface area contributed by atoms with Crippen LogP contribution in [0.2, 0.25) is 0 Å². The summed E-state index contributed by atoms with van der Waals surface area (Å²) in [5.41, 5.74) is 1.72. The zero-order valence-corrected chi connectivity index (χ0v) is 12.1. The lowest BCUT2D eigenvalue weighted by Crippen LogP contribution is -2.30. The molecule has 0 unspecified atom stereocenters. The second-order valence-corrected chi connectivity index (χ2v) is 4.63. The lowest BCUT2D eigenvalue weighted by atomic mass is 10.2. The van der Waals surface area contributed by atoms with Gasteiger partial charge < -0.3 is 19.9 Å². The number of hydrogen-bond acceptors (Lipinski definition) is 3. The quantitative estimate of drug-likeness (QED) is 0.768. The lowest BCUT2D eigenvalue weighted by Gasteiger charge is -2.11. The Labute approximate surface area is 124 Å². The lowest BCUT2D eigenvalue weighted by molar-refractivity contribution is 0.185. The fourth-order valence-electron chi connectivity index (χ4n) is 1.97. The zero-order chi connectivity index (χ0) is 14.9. The number of rotatable bonds is 7. The van der Waals surface area contributed by atoms with Crippen molar-refractivity contribution in [2.45, 2.75) is 19.6 Å². The van der Waals surface area contributed by atoms with E-state index in [4.69, 9.17) is 4.74 Å². The predicted octanol–water partition coefficient (Wildman–Crippen LogP) is 2.24. The number of nitrogens with zero attached hydrogens (tertiary/aromatic N) is 2. The summed E-state index contributed by atoms with van der Waals surface area (Å²) in [6, 6.07) is 7.39. The van der Waals surface area contributed by atoms with Crippen molar-refractivity contribution < 1.29 is 9.53 Å². The Morgan fingerprint density at radius 2 is 2.24 bits per heavy atom. The molecule has 0 atom stereocenters. The van der Waals surface area contributed by atoms with Gasteiger partial charge in [-0.3, -0.25) is 0 Å². The summed E-state index contributed by atoms with van der Waals surface area (Å²) in [7, 11) is 1.63. The molecule has 2 aromatic rings. The summed E-state index contributed by atoms with van der Waals surface area (Å²) in [6.45, 7) is 1.91. The number of carbonyl (C=O) groups excluding carboxylic acids is 1. The van der Waals surface area contributed by atoms with Crippen molar-refractivity contribution in [1.29, 1.82) is 0 Å². The second kappa shape index (κ2) is 8.06. The van der Waals surface area contributed by atoms with Gasteiger partial charge in [0.25, 0.3) is 0 Å². The van der Waals surface area contributed by atoms with Gasteiger partial charge in [0.05, 0.1) is 12.9 Å². The topological polar surface area (TPSA) is 68.2 Å². The molecule has 0 radical (unpaired) electrons. The summed E-state index contributed by atoms with van der Waals surface area (Å²) in [6.07, 6.45) is 6.26. The van der Waals surface area contributed by atoms with Crippen LogP contribution in [-0.4, -0.2) is 29.2 Å². The van der Waals surface area contributed by atoms with Crippen LogP contribution in [0.25, 0.3) is 0 Å². The first-order valence-corrected chi connectivity index (χ1v) is 6.87. The molecule has 2 N–H and O–H groups in total. The molecule has 0 aliphatic rings. The minimum atomic E-state index is -0.204. The number of urea groups is 1. The number of imidazole rings is 1. The number of amides is 2. The molecule has 1 aromatic heterocycles. The Morgan fingerprint density at radius 1 is 1.38 bits per heavy atom. The summed E-state index contributed by atoms with van der Waals surface area (Å²) >= 11 is 0. The average Bonchev–Trinajstić information content (AvgIpc) is 2.99. The van der Waals surface area contributed by atoms with E-state index >= 15 is 0 Å². The van der Waals surface area contributed by atoms with Crippen LogP contribution in [0.1, 0.15) is 12.0 Å². The van der Waals surface area contributed by atoms with E-state index in [1.54, 1.807) is 19.6 Å². The molecule has 0 aliphatic heterocycles. The predicted molar refractivity (Wildman–Crippen MR) is 81.0 cm³/mol. The normalized spacial score (nSPS) is 10.3. The Kier molecular flexibility index (Phi) is 5.78. The summed E-state index contributed by atoms with van der Waals surface area (Å²) in [5, 5.41) is 5.68. The third-order valence-electron chi connectivity index (χ3n) is 3.00. The van der Waals surface area contributed by atoms with E-state index in [0.29, 0.717) is 13.2 Å². The number of anilines is 1. The van der Waals surface area contributed by atoms with Crippen LogP contribution in [0.15, 0.2) is 43.0 Å². The van der Waals surface area contributed by atoms with E-state index < -0.39 is 0 Å². The molecule has 21 heavy (non-hydrogen) atoms. The molecule has 112 valence electrons. The number of ether oxygens (including phenoxy) is 1. The van der Waals surface area contributed by atoms with Gasteiger partial charge in [0, 0.05) is 43.8 Å². The fourth-order valence-corrected chi connectivity index (χ4v) is 1.97. The average molecular weight is 288 g/mol. The molecule has 2 amide bonds. The molecule has 0 spiro atoms. The summed E-state index contributed by atoms with van der Waals surface area (Å²) in [5.74, 6) is 0. The number of nitrogens with one attached hydrogen (secondary N) is 2. The van der Waals surface area contributed by atoms with Gasteiger partial charge in [0.15, 0.2) is 0 Å². The molecule has 1 aromatic carbocycles. The Morgan fingerprint density at radius 3 is 3.00 bits per heavy atom. The highest BCUT2D eigenvalue weighted by Gasteiger charge is 2.05. The highest BCUT2D eigenvalue weighted by atomic mass is 16.5. The molecule has 0 saturated heterocycles. The van der Waals surface area contributed by atoms with Crippen molar-refractivity contribution in [3.63, 3.8) is 0 Å². The molecule has 2 rings (SSSR count). The van der Waals surface area contributed by atoms with E-state index in [1.165, 1.54) is 0 Å². The van der Waals surface area contributed by atoms with Crippen molar-refractivity contribution in [1.82, 2.24) is 14.9 Å². The van der Waals surface area contributed by atoms with Gasteiger partial charge in [-0.05, 0) is 12.5 Å². The molecule has 0 bridgehead atoms. The van der Waals surface area contributed by atoms with Crippen molar-refractivity contribution in [2.24, 2.45) is 0 Å². The number of benzene rings is 1. The molecule has 0 saturated carbocycles. The monoisotopic (exact) mass is 288 g/mol. The van der Waals surface area contributed by atoms with Crippen LogP contribution < -0.4 is 10.6 Å². The van der Waals surface area contributed by atoms with Crippen molar-refractivity contribution in [3.05, 3.63) is 48.5 Å². The number of methoxy groups -OCH3 is 1. The van der Waals surface area contributed by atoms with Crippen LogP contribution in [0.4, 0.5) is 10.5 Å². The van der Waals surface area contributed by atoms with Gasteiger partial charge in [0.1, 0.15) is 0 Å². The standard InChI is InChI=1S/C15H20N4O2/c1-21-11-13-5-2-3-6-14(13)18-15(20)17-7-4-9-19-10-8-16-12-19/h2-3,5-6,8,10,12H,4,7,9,11H2,1H3,(H2,17,18,20). The largest absolute Gasteiger partial charge is 0.380 e. The smallest absolute Gasteiger partial charge is 0.319 e. The van der Waals surface area contributed by atoms with Crippen LogP contribution in [0.5, 0.6) is 0 Å². The van der Waals surface area contributed by atoms with Gasteiger partial charge in [-0.15, -0.1) is 0 Å². The number of carbonyl (C=O) groups is 1. The van der Waals surface area contributed by atoms with Crippen LogP contribution in [0, 0.1) is 0 Å². The third-order valence-corrected chi connectivity index (χ3v) is 3.00. The van der Waals surface area contributed by atoms with Crippen molar-refractivity contribution in [3.8, 4) is 0 Å². The summed E-state index contributed by atoms with van der Waals surface area (Å²) in [4.78, 5) is 15.8. The second-order valence-electron chi connectivity index (χ2n) is 4.63. The van der Waals surface area contributed by atoms with Crippen LogP contribution in [0.3, 0.4) is 0 Å². The molecule has 0 aliphatic carbocycles. The Hall–Kier alpha value is -2.34. The maximum Gasteiger partial charge on any atom is 0.319 e. The van der Waals surface area contributed by atoms with Crippen molar-refractivity contribution >= 4 is 11.7 Å². The number of hydrogen-bond donors (Lipinski definition) is 2. The van der Waals surface area contributed by atoms with Crippen LogP contribution in [-0.2, 0) is 17.9 Å². The fraction of sp³-hybridized carbons (Fsp3) is 0.333. The molecular weight excluding hydrogens is 268 g/mol. The van der Waals surface area contributed by atoms with E-state index in [1.807, 2.05) is 35.0 Å². The van der Waals surface area contributed by atoms with E-state index in [0.717, 1.165) is 24.2 Å². The molecule has 6 nitrogen and oxygen atoms in total. The summed E-state index contributed by atoms with van der Waals surface area (Å²) < 4.78 is 7.09. The number of aryl methyl sites for hydroxylation is 1. The first-order chi connectivity index (χ1) is 10.3.